The van der Waals surface area contributed by atoms with Gasteiger partial charge in [0.2, 0.25) is 5.91 Å². The van der Waals surface area contributed by atoms with Crippen LogP contribution in [0.2, 0.25) is 0 Å². The number of fused-ring (bicyclic) bond motifs is 1. The van der Waals surface area contributed by atoms with Gasteiger partial charge in [-0.3, -0.25) is 10.1 Å². The summed E-state index contributed by atoms with van der Waals surface area (Å²) in [6.45, 7) is 4.28. The molecule has 1 aromatic heterocycles. The molecule has 0 unspecified atom stereocenters. The van der Waals surface area contributed by atoms with Crippen LogP contribution >= 0.6 is 11.3 Å². The first-order valence-electron chi connectivity index (χ1n) is 12.5. The van der Waals surface area contributed by atoms with Gasteiger partial charge in [0.25, 0.3) is 0 Å². The first-order valence-corrected chi connectivity index (χ1v) is 13.3. The van der Waals surface area contributed by atoms with Crippen LogP contribution in [0.25, 0.3) is 0 Å². The molecule has 0 aliphatic heterocycles. The van der Waals surface area contributed by atoms with Crippen LogP contribution < -0.4 is 10.6 Å². The highest BCUT2D eigenvalue weighted by Gasteiger charge is 2.60. The molecule has 9 heteroatoms. The Hall–Kier alpha value is -2.49. The van der Waals surface area contributed by atoms with Crippen molar-refractivity contribution in [1.29, 1.82) is 0 Å². The molecule has 1 aromatic carbocycles. The molecule has 2 fully saturated rings. The zero-order chi connectivity index (χ0) is 25.9. The molecule has 2 aromatic rings. The predicted molar refractivity (Wildman–Crippen MR) is 136 cm³/mol. The molecule has 2 aliphatic rings. The summed E-state index contributed by atoms with van der Waals surface area (Å²) in [7, 11) is 0. The maximum absolute atomic E-state index is 13.5. The summed E-state index contributed by atoms with van der Waals surface area (Å²) in [6, 6.07) is 9.48. The Morgan fingerprint density at radius 2 is 2.00 bits per heavy atom. The van der Waals surface area contributed by atoms with Gasteiger partial charge in [0, 0.05) is 22.4 Å². The van der Waals surface area contributed by atoms with Gasteiger partial charge in [-0.2, -0.15) is 0 Å². The van der Waals surface area contributed by atoms with Crippen molar-refractivity contribution in [3.63, 3.8) is 0 Å². The second-order valence-corrected chi connectivity index (χ2v) is 11.6. The quantitative estimate of drug-likeness (QED) is 0.425. The molecule has 2 aliphatic carbocycles. The van der Waals surface area contributed by atoms with E-state index in [0.29, 0.717) is 37.9 Å². The van der Waals surface area contributed by atoms with Crippen molar-refractivity contribution in [2.45, 2.75) is 64.7 Å². The third-order valence-corrected chi connectivity index (χ3v) is 9.32. The van der Waals surface area contributed by atoms with Crippen LogP contribution in [0.4, 0.5) is 14.9 Å². The van der Waals surface area contributed by atoms with Crippen molar-refractivity contribution in [3.05, 3.63) is 52.5 Å². The summed E-state index contributed by atoms with van der Waals surface area (Å²) in [5, 5.41) is 29.0. The van der Waals surface area contributed by atoms with Gasteiger partial charge in [0.05, 0.1) is 19.3 Å². The van der Waals surface area contributed by atoms with Crippen LogP contribution in [0, 0.1) is 28.5 Å². The Bertz CT molecular complexity index is 1070. The molecular formula is C27H35FN2O5S. The lowest BCUT2D eigenvalue weighted by Crippen LogP contribution is -2.61. The topological polar surface area (TPSA) is 108 Å². The van der Waals surface area contributed by atoms with Crippen LogP contribution in [0.1, 0.15) is 50.8 Å². The van der Waals surface area contributed by atoms with Crippen molar-refractivity contribution in [1.82, 2.24) is 5.32 Å². The van der Waals surface area contributed by atoms with Crippen LogP contribution in [0.5, 0.6) is 0 Å². The number of halogens is 1. The third-order valence-electron chi connectivity index (χ3n) is 8.44. The van der Waals surface area contributed by atoms with Crippen molar-refractivity contribution < 1.29 is 28.9 Å². The minimum Gasteiger partial charge on any atom is -0.445 e. The van der Waals surface area contributed by atoms with Crippen molar-refractivity contribution in [2.75, 3.05) is 11.9 Å². The van der Waals surface area contributed by atoms with E-state index in [9.17, 15) is 24.2 Å². The predicted octanol–water partition coefficient (Wildman–Crippen LogP) is 4.70. The molecule has 1 heterocycles. The molecule has 7 nitrogen and oxygen atoms in total. The summed E-state index contributed by atoms with van der Waals surface area (Å²) in [5.74, 6) is -0.901. The van der Waals surface area contributed by atoms with Crippen LogP contribution in [-0.4, -0.2) is 41.0 Å². The van der Waals surface area contributed by atoms with Crippen LogP contribution in [0.3, 0.4) is 0 Å². The zero-order valence-corrected chi connectivity index (χ0v) is 21.5. The zero-order valence-electron chi connectivity index (χ0n) is 20.7. The van der Waals surface area contributed by atoms with Gasteiger partial charge in [-0.1, -0.05) is 26.0 Å². The van der Waals surface area contributed by atoms with Gasteiger partial charge in [-0.05, 0) is 72.6 Å². The fourth-order valence-electron chi connectivity index (χ4n) is 6.49. The lowest BCUT2D eigenvalue weighted by atomic mass is 9.46. The summed E-state index contributed by atoms with van der Waals surface area (Å²) in [6.07, 6.45) is 0.634. The molecule has 2 amide bonds. The maximum Gasteiger partial charge on any atom is 0.411 e. The second kappa shape index (κ2) is 10.9. The van der Waals surface area contributed by atoms with Gasteiger partial charge < -0.3 is 20.3 Å². The van der Waals surface area contributed by atoms with Gasteiger partial charge in [-0.15, -0.1) is 11.3 Å². The SMILES string of the molecule is C[C@]1(CO)[C@H]2CC[C@@H](O)[C@@H](CC(=O)NCc3cccs3)[C@]2(C)CC[C@H]1OC(=O)Nc1cccc(F)c1. The molecule has 6 atom stereocenters. The number of carbonyl (C=O) groups is 2. The number of anilines is 1. The summed E-state index contributed by atoms with van der Waals surface area (Å²) < 4.78 is 19.3. The van der Waals surface area contributed by atoms with E-state index in [4.69, 9.17) is 4.74 Å². The van der Waals surface area contributed by atoms with E-state index in [1.807, 2.05) is 24.4 Å². The van der Waals surface area contributed by atoms with Gasteiger partial charge >= 0.3 is 6.09 Å². The van der Waals surface area contributed by atoms with Crippen LogP contribution in [0.15, 0.2) is 41.8 Å². The number of benzene rings is 1. The van der Waals surface area contributed by atoms with Crippen molar-refractivity contribution in [3.8, 4) is 0 Å². The van der Waals surface area contributed by atoms with E-state index in [1.54, 1.807) is 17.4 Å². The highest BCUT2D eigenvalue weighted by Crippen LogP contribution is 2.61. The fraction of sp³-hybridized carbons (Fsp3) is 0.556. The van der Waals surface area contributed by atoms with E-state index in [0.717, 1.165) is 4.88 Å². The molecule has 0 bridgehead atoms. The minimum atomic E-state index is -0.752. The Balaban J connectivity index is 1.46. The van der Waals surface area contributed by atoms with Gasteiger partial charge in [-0.25, -0.2) is 9.18 Å². The lowest BCUT2D eigenvalue weighted by Gasteiger charge is -2.60. The molecule has 196 valence electrons. The average Bonchev–Trinajstić information content (AvgIpc) is 3.36. The van der Waals surface area contributed by atoms with Crippen molar-refractivity contribution in [2.24, 2.45) is 22.7 Å². The Morgan fingerprint density at radius 1 is 1.19 bits per heavy atom. The average molecular weight is 519 g/mol. The fourth-order valence-corrected chi connectivity index (χ4v) is 7.14. The Labute approximate surface area is 215 Å². The Kier molecular flexibility index (Phi) is 8.02. The molecule has 0 radical (unpaired) electrons. The van der Waals surface area contributed by atoms with Gasteiger partial charge in [0.1, 0.15) is 11.9 Å². The number of rotatable bonds is 7. The lowest BCUT2D eigenvalue weighted by molar-refractivity contribution is -0.185. The van der Waals surface area contributed by atoms with E-state index >= 15 is 0 Å². The first kappa shape index (κ1) is 26.6. The maximum atomic E-state index is 13.5. The highest BCUT2D eigenvalue weighted by atomic mass is 32.1. The second-order valence-electron chi connectivity index (χ2n) is 10.6. The van der Waals surface area contributed by atoms with E-state index in [-0.39, 0.29) is 30.8 Å². The number of hydrogen-bond acceptors (Lipinski definition) is 6. The number of hydrogen-bond donors (Lipinski definition) is 4. The number of nitrogens with one attached hydrogen (secondary N) is 2. The number of amides is 2. The molecule has 4 rings (SSSR count). The number of aliphatic hydroxyl groups excluding tert-OH is 2. The minimum absolute atomic E-state index is 0.0609. The monoisotopic (exact) mass is 518 g/mol. The number of thiophene rings is 1. The van der Waals surface area contributed by atoms with E-state index in [2.05, 4.69) is 17.6 Å². The largest absolute Gasteiger partial charge is 0.445 e. The van der Waals surface area contributed by atoms with E-state index < -0.39 is 34.9 Å². The third kappa shape index (κ3) is 5.43. The summed E-state index contributed by atoms with van der Waals surface area (Å²) >= 11 is 1.58. The number of carbonyl (C=O) groups excluding carboxylic acids is 2. The summed E-state index contributed by atoms with van der Waals surface area (Å²) in [4.78, 5) is 26.5. The standard InChI is InChI=1S/C27H35FN2O5S/c1-26-11-10-23(35-25(34)30-18-6-3-5-17(28)13-18)27(2,16-31)22(26)9-8-21(32)20(26)14-24(33)29-15-19-7-4-12-36-19/h3-7,12-13,20-23,31-32H,8-11,14-16H2,1-2H3,(H,29,33)(H,30,34)/t20-,21-,22+,23-,26+,27+/m1/s1. The smallest absolute Gasteiger partial charge is 0.411 e. The van der Waals surface area contributed by atoms with Crippen LogP contribution in [-0.2, 0) is 16.1 Å². The first-order chi connectivity index (χ1) is 17.2. The number of aliphatic hydroxyl groups is 2. The van der Waals surface area contributed by atoms with E-state index in [1.165, 1.54) is 18.2 Å². The normalized spacial score (nSPS) is 31.8. The summed E-state index contributed by atoms with van der Waals surface area (Å²) in [5.41, 5.74) is -0.868. The highest BCUT2D eigenvalue weighted by molar-refractivity contribution is 7.09. The van der Waals surface area contributed by atoms with Crippen molar-refractivity contribution >= 4 is 29.0 Å². The van der Waals surface area contributed by atoms with Gasteiger partial charge in [0.15, 0.2) is 0 Å². The molecule has 36 heavy (non-hydrogen) atoms. The number of ether oxygens (including phenoxy) is 1. The molecule has 0 spiro atoms. The molecule has 2 saturated carbocycles. The molecule has 0 saturated heterocycles. The Morgan fingerprint density at radius 3 is 2.69 bits per heavy atom. The molecular weight excluding hydrogens is 483 g/mol. The molecule has 4 N–H and O–H groups in total.